The van der Waals surface area contributed by atoms with Crippen LogP contribution in [0.15, 0.2) is 34.9 Å². The van der Waals surface area contributed by atoms with E-state index in [1.807, 2.05) is 6.08 Å². The molecule has 0 amide bonds. The van der Waals surface area contributed by atoms with Gasteiger partial charge in [0.2, 0.25) is 0 Å². The SMILES string of the molecule is C[C@@H]1C=C2CC(=O)C=C2[C@]2(C)[C@@H]([C@@H]1O[Si](C)(C)C(C)(C)C)[C@H]1[C@@H](C[C@H]2C)C1(C)C.C[C@@H]1C[C@@H]2CC(=O)C=C2[C@]2(C)[C@@H]([C@@H]1O[Si](C)(C)C(C)(C)C)[C@H]1[C@@H](C[C@H]2C)C1(C)C. The van der Waals surface area contributed by atoms with Crippen molar-refractivity contribution in [2.75, 3.05) is 0 Å². The maximum Gasteiger partial charge on any atom is 0.192 e. The Morgan fingerprint density at radius 2 is 1.09 bits per heavy atom. The standard InChI is InChI=1S/C26H44O2Si.C26H42O2Si/c2*1-15-11-17-13-18(27)14-19(17)26(8)16(2)12-20-21(25(20,6)7)22(26)23(15)28-29(9,10)24(3,4)5/h14-17,20-23H,11-13H2,1-10H3;11,14-16,20-23H,12-13H2,1-10H3/t15-,16-,17-,20-,21-,22-,23-,26-;15-,16-,20-,21-,22-,23-,26-/m11/s1. The molecule has 6 heteroatoms. The highest BCUT2D eigenvalue weighted by Gasteiger charge is 2.73. The maximum atomic E-state index is 12.5. The minimum Gasteiger partial charge on any atom is -0.413 e. The molecule has 0 aliphatic heterocycles. The van der Waals surface area contributed by atoms with Gasteiger partial charge in [0.1, 0.15) is 0 Å². The number of hydrogen-bond acceptors (Lipinski definition) is 4. The zero-order valence-electron chi connectivity index (χ0n) is 40.9. The van der Waals surface area contributed by atoms with Gasteiger partial charge < -0.3 is 8.85 Å². The second-order valence-electron chi connectivity index (χ2n) is 26.4. The summed E-state index contributed by atoms with van der Waals surface area (Å²) in [7, 11) is -3.79. The zero-order valence-corrected chi connectivity index (χ0v) is 42.9. The van der Waals surface area contributed by atoms with Crippen molar-refractivity contribution in [3.05, 3.63) is 34.9 Å². The summed E-state index contributed by atoms with van der Waals surface area (Å²) < 4.78 is 14.6. The number of hydrogen-bond donors (Lipinski definition) is 0. The van der Waals surface area contributed by atoms with E-state index in [-0.39, 0.29) is 27.0 Å². The van der Waals surface area contributed by atoms with Crippen LogP contribution < -0.4 is 0 Å². The number of carbonyl (C=O) groups excluding carboxylic acids is 2. The number of ketones is 2. The van der Waals surface area contributed by atoms with Gasteiger partial charge in [-0.05, 0) is 160 Å². The first-order chi connectivity index (χ1) is 26.2. The number of rotatable bonds is 4. The van der Waals surface area contributed by atoms with Crippen molar-refractivity contribution in [3.8, 4) is 0 Å². The predicted molar refractivity (Wildman–Crippen MR) is 246 cm³/mol. The quantitative estimate of drug-likeness (QED) is 0.265. The molecule has 326 valence electrons. The summed E-state index contributed by atoms with van der Waals surface area (Å²) in [5.41, 5.74) is 5.09. The van der Waals surface area contributed by atoms with Gasteiger partial charge in [0.15, 0.2) is 28.2 Å². The Bertz CT molecular complexity index is 1780. The summed E-state index contributed by atoms with van der Waals surface area (Å²) in [6, 6.07) is 0. The lowest BCUT2D eigenvalue weighted by atomic mass is 9.56. The van der Waals surface area contributed by atoms with Gasteiger partial charge in [-0.1, -0.05) is 122 Å². The molecule has 0 radical (unpaired) electrons. The van der Waals surface area contributed by atoms with Crippen LogP contribution in [0.4, 0.5) is 0 Å². The highest BCUT2D eigenvalue weighted by atomic mass is 28.4. The highest BCUT2D eigenvalue weighted by Crippen LogP contribution is 2.77. The van der Waals surface area contributed by atoms with Gasteiger partial charge in [-0.2, -0.15) is 0 Å². The summed E-state index contributed by atoms with van der Waals surface area (Å²) in [6.45, 7) is 48.4. The zero-order chi connectivity index (χ0) is 43.5. The van der Waals surface area contributed by atoms with E-state index in [9.17, 15) is 9.59 Å². The monoisotopic (exact) mass is 831 g/mol. The average Bonchev–Trinajstić information content (AvgIpc) is 3.59. The van der Waals surface area contributed by atoms with E-state index >= 15 is 0 Å². The van der Waals surface area contributed by atoms with Crippen molar-refractivity contribution in [3.63, 3.8) is 0 Å². The average molecular weight is 831 g/mol. The van der Waals surface area contributed by atoms with Crippen LogP contribution in [0.1, 0.15) is 143 Å². The molecule has 0 aromatic rings. The fraction of sp³-hybridized carbons (Fsp3) is 0.846. The molecule has 5 fully saturated rings. The van der Waals surface area contributed by atoms with Crippen LogP contribution in [0, 0.1) is 86.8 Å². The van der Waals surface area contributed by atoms with Crippen LogP contribution in [0.5, 0.6) is 0 Å². The molecule has 15 atom stereocenters. The largest absolute Gasteiger partial charge is 0.413 e. The van der Waals surface area contributed by atoms with Gasteiger partial charge in [0.25, 0.3) is 0 Å². The van der Waals surface area contributed by atoms with E-state index < -0.39 is 16.6 Å². The molecule has 0 N–H and O–H groups in total. The fourth-order valence-electron chi connectivity index (χ4n) is 14.4. The predicted octanol–water partition coefficient (Wildman–Crippen LogP) is 13.7. The van der Waals surface area contributed by atoms with Crippen molar-refractivity contribution in [1.82, 2.24) is 0 Å². The molecular formula is C52H86O4Si2. The molecule has 8 aliphatic carbocycles. The molecule has 0 heterocycles. The Morgan fingerprint density at radius 1 is 0.621 bits per heavy atom. The van der Waals surface area contributed by atoms with Crippen LogP contribution in [0.25, 0.3) is 0 Å². The summed E-state index contributed by atoms with van der Waals surface area (Å²) in [4.78, 5) is 25.0. The van der Waals surface area contributed by atoms with Gasteiger partial charge in [-0.15, -0.1) is 0 Å². The van der Waals surface area contributed by atoms with Crippen molar-refractivity contribution < 1.29 is 18.4 Å². The lowest BCUT2D eigenvalue weighted by molar-refractivity contribution is -0.115. The van der Waals surface area contributed by atoms with Gasteiger partial charge >= 0.3 is 0 Å². The molecule has 0 aromatic carbocycles. The van der Waals surface area contributed by atoms with Crippen molar-refractivity contribution in [1.29, 1.82) is 0 Å². The maximum absolute atomic E-state index is 12.5. The van der Waals surface area contributed by atoms with Crippen LogP contribution in [-0.2, 0) is 18.4 Å². The summed E-state index contributed by atoms with van der Waals surface area (Å²) in [5.74, 6) is 7.24. The minimum absolute atomic E-state index is 0.0325. The third-order valence-corrected chi connectivity index (χ3v) is 29.5. The number of carbonyl (C=O) groups is 2. The van der Waals surface area contributed by atoms with Crippen LogP contribution >= 0.6 is 0 Å². The fourth-order valence-corrected chi connectivity index (χ4v) is 17.2. The van der Waals surface area contributed by atoms with E-state index in [1.165, 1.54) is 29.6 Å². The van der Waals surface area contributed by atoms with Crippen molar-refractivity contribution in [2.24, 2.45) is 86.8 Å². The summed E-state index contributed by atoms with van der Waals surface area (Å²) >= 11 is 0. The third-order valence-electron chi connectivity index (χ3n) is 20.5. The third kappa shape index (κ3) is 6.65. The second kappa shape index (κ2) is 13.7. The first kappa shape index (κ1) is 45.0. The number of allylic oxidation sites excluding steroid dienone is 5. The van der Waals surface area contributed by atoms with E-state index in [2.05, 4.69) is 149 Å². The van der Waals surface area contributed by atoms with E-state index in [0.717, 1.165) is 30.6 Å². The van der Waals surface area contributed by atoms with E-state index in [4.69, 9.17) is 8.85 Å². The molecule has 5 saturated carbocycles. The topological polar surface area (TPSA) is 52.6 Å². The summed E-state index contributed by atoms with van der Waals surface area (Å²) in [6.07, 6.45) is 12.1. The van der Waals surface area contributed by atoms with Crippen molar-refractivity contribution >= 4 is 28.2 Å². The molecule has 0 bridgehead atoms. The van der Waals surface area contributed by atoms with Crippen LogP contribution in [-0.4, -0.2) is 40.4 Å². The molecule has 0 aromatic heterocycles. The van der Waals surface area contributed by atoms with Crippen LogP contribution in [0.2, 0.25) is 36.3 Å². The smallest absolute Gasteiger partial charge is 0.192 e. The van der Waals surface area contributed by atoms with Gasteiger partial charge in [-0.3, -0.25) is 9.59 Å². The first-order valence-electron chi connectivity index (χ1n) is 23.8. The Morgan fingerprint density at radius 3 is 1.59 bits per heavy atom. The minimum atomic E-state index is -1.91. The van der Waals surface area contributed by atoms with E-state index in [1.54, 1.807) is 0 Å². The molecule has 8 aliphatic rings. The van der Waals surface area contributed by atoms with Gasteiger partial charge in [-0.25, -0.2) is 0 Å². The molecule has 0 unspecified atom stereocenters. The molecule has 8 rings (SSSR count). The lowest BCUT2D eigenvalue weighted by Gasteiger charge is -2.52. The first-order valence-corrected chi connectivity index (χ1v) is 29.6. The summed E-state index contributed by atoms with van der Waals surface area (Å²) in [5, 5.41) is 0.422. The molecular weight excluding hydrogens is 745 g/mol. The molecule has 4 nitrogen and oxygen atoms in total. The van der Waals surface area contributed by atoms with Crippen LogP contribution in [0.3, 0.4) is 0 Å². The number of fused-ring (bicyclic) bond motifs is 10. The molecule has 0 spiro atoms. The highest BCUT2D eigenvalue weighted by molar-refractivity contribution is 6.74. The van der Waals surface area contributed by atoms with Gasteiger partial charge in [0, 0.05) is 18.3 Å². The second-order valence-corrected chi connectivity index (χ2v) is 35.9. The Labute approximate surface area is 358 Å². The Balaban J connectivity index is 0.000000177. The Hall–Kier alpha value is -1.09. The Kier molecular flexibility index (Phi) is 10.6. The lowest BCUT2D eigenvalue weighted by Crippen LogP contribution is -2.53. The van der Waals surface area contributed by atoms with Crippen molar-refractivity contribution in [2.45, 2.75) is 191 Å². The van der Waals surface area contributed by atoms with Gasteiger partial charge in [0.05, 0.1) is 12.2 Å². The molecule has 58 heavy (non-hydrogen) atoms. The molecule has 0 saturated heterocycles. The normalized spacial score (nSPS) is 45.0. The van der Waals surface area contributed by atoms with E-state index in [0.29, 0.717) is 82.3 Å².